The van der Waals surface area contributed by atoms with Crippen LogP contribution in [-0.2, 0) is 0 Å². The second-order valence-corrected chi connectivity index (χ2v) is 9.57. The fraction of sp³-hybridized carbons (Fsp3) is 0.185. The van der Waals surface area contributed by atoms with Gasteiger partial charge in [0.05, 0.1) is 31.6 Å². The molecule has 35 heavy (non-hydrogen) atoms. The molecule has 1 fully saturated rings. The smallest absolute Gasteiger partial charge is 0.174 e. The summed E-state index contributed by atoms with van der Waals surface area (Å²) < 4.78 is 17.5. The van der Waals surface area contributed by atoms with Crippen LogP contribution in [-0.4, -0.2) is 24.3 Å². The molecular weight excluding hydrogens is 478 g/mol. The van der Waals surface area contributed by atoms with Crippen LogP contribution in [0.2, 0.25) is 0 Å². The van der Waals surface area contributed by atoms with Crippen molar-refractivity contribution in [2.24, 2.45) is 0 Å². The molecule has 4 aromatic rings. The summed E-state index contributed by atoms with van der Waals surface area (Å²) >= 11 is 7.41. The topological polar surface area (TPSA) is 59.8 Å². The maximum absolute atomic E-state index is 6.40. The predicted octanol–water partition coefficient (Wildman–Crippen LogP) is 6.33. The van der Waals surface area contributed by atoms with E-state index in [2.05, 4.69) is 41.5 Å². The zero-order valence-corrected chi connectivity index (χ0v) is 21.2. The number of furan rings is 1. The van der Waals surface area contributed by atoms with Gasteiger partial charge in [0.25, 0.3) is 0 Å². The van der Waals surface area contributed by atoms with Gasteiger partial charge in [0.15, 0.2) is 10.2 Å². The van der Waals surface area contributed by atoms with E-state index in [-0.39, 0.29) is 12.1 Å². The number of thiocarbonyl (C=S) groups is 1. The van der Waals surface area contributed by atoms with E-state index in [4.69, 9.17) is 26.1 Å². The van der Waals surface area contributed by atoms with E-state index in [0.717, 1.165) is 27.1 Å². The van der Waals surface area contributed by atoms with Crippen molar-refractivity contribution in [3.8, 4) is 11.5 Å². The molecule has 3 heterocycles. The number of hydrogen-bond acceptors (Lipinski definition) is 6. The van der Waals surface area contributed by atoms with Gasteiger partial charge in [-0.3, -0.25) is 4.98 Å². The van der Waals surface area contributed by atoms with E-state index < -0.39 is 0 Å². The number of benzene rings is 2. The first-order valence-corrected chi connectivity index (χ1v) is 12.4. The molecule has 2 atom stereocenters. The Labute approximate surface area is 214 Å². The maximum Gasteiger partial charge on any atom is 0.174 e. The average Bonchev–Trinajstić information content (AvgIpc) is 3.49. The van der Waals surface area contributed by atoms with Crippen LogP contribution >= 0.6 is 24.0 Å². The third kappa shape index (κ3) is 4.72. The van der Waals surface area contributed by atoms with Gasteiger partial charge in [-0.05, 0) is 67.7 Å². The summed E-state index contributed by atoms with van der Waals surface area (Å²) in [5, 5.41) is 4.83. The molecular formula is C27H25N3O3S2. The first-order chi connectivity index (χ1) is 17.1. The highest BCUT2D eigenvalue weighted by molar-refractivity contribution is 7.99. The molecule has 1 aliphatic rings. The van der Waals surface area contributed by atoms with Crippen molar-refractivity contribution in [2.45, 2.75) is 29.0 Å². The van der Waals surface area contributed by atoms with Gasteiger partial charge in [-0.25, -0.2) is 0 Å². The Morgan fingerprint density at radius 2 is 1.83 bits per heavy atom. The first kappa shape index (κ1) is 23.3. The zero-order chi connectivity index (χ0) is 24.4. The molecule has 0 aliphatic carbocycles. The van der Waals surface area contributed by atoms with Gasteiger partial charge < -0.3 is 24.1 Å². The van der Waals surface area contributed by atoms with Crippen molar-refractivity contribution in [1.82, 2.24) is 10.3 Å². The monoisotopic (exact) mass is 503 g/mol. The Morgan fingerprint density at radius 3 is 2.54 bits per heavy atom. The van der Waals surface area contributed by atoms with Crippen molar-refractivity contribution in [3.05, 3.63) is 96.0 Å². The van der Waals surface area contributed by atoms with Gasteiger partial charge in [0.1, 0.15) is 23.3 Å². The number of rotatable bonds is 7. The van der Waals surface area contributed by atoms with Crippen LogP contribution in [0.1, 0.15) is 29.1 Å². The summed E-state index contributed by atoms with van der Waals surface area (Å²) in [7, 11) is 3.27. The van der Waals surface area contributed by atoms with Gasteiger partial charge in [0.2, 0.25) is 0 Å². The number of aryl methyl sites for hydroxylation is 1. The number of pyridine rings is 1. The molecule has 1 aliphatic heterocycles. The molecule has 0 spiro atoms. The molecule has 2 aromatic heterocycles. The summed E-state index contributed by atoms with van der Waals surface area (Å²) in [6, 6.07) is 23.5. The van der Waals surface area contributed by atoms with Crippen LogP contribution < -0.4 is 19.7 Å². The Hall–Kier alpha value is -3.49. The van der Waals surface area contributed by atoms with E-state index in [1.54, 1.807) is 32.2 Å². The van der Waals surface area contributed by atoms with Gasteiger partial charge in [-0.2, -0.15) is 0 Å². The Balaban J connectivity index is 1.55. The van der Waals surface area contributed by atoms with E-state index in [1.807, 2.05) is 53.4 Å². The molecule has 2 aromatic carbocycles. The number of aromatic nitrogens is 1. The summed E-state index contributed by atoms with van der Waals surface area (Å²) in [5.74, 6) is 2.14. The standard InChI is InChI=1S/C27H25N3O3S2/c1-17-7-10-19(11-8-17)35-24-14-13-22(33-24)26-25(20-6-4-5-15-28-20)29-27(34)30(26)21-12-9-18(31-2)16-23(21)32-3/h4-16,25-26H,1-3H3,(H,29,34)/t25-,26-/m1/s1. The number of nitrogens with zero attached hydrogens (tertiary/aromatic N) is 2. The molecule has 0 radical (unpaired) electrons. The van der Waals surface area contributed by atoms with E-state index in [1.165, 1.54) is 5.56 Å². The first-order valence-electron chi connectivity index (χ1n) is 11.1. The Kier molecular flexibility index (Phi) is 6.66. The lowest BCUT2D eigenvalue weighted by Gasteiger charge is -2.27. The summed E-state index contributed by atoms with van der Waals surface area (Å²) in [4.78, 5) is 7.76. The molecule has 0 amide bonds. The molecule has 0 unspecified atom stereocenters. The zero-order valence-electron chi connectivity index (χ0n) is 19.6. The van der Waals surface area contributed by atoms with E-state index in [0.29, 0.717) is 16.6 Å². The fourth-order valence-corrected chi connectivity index (χ4v) is 5.28. The Bertz CT molecular complexity index is 1330. The van der Waals surface area contributed by atoms with Crippen molar-refractivity contribution < 1.29 is 13.9 Å². The molecule has 0 bridgehead atoms. The normalized spacial score (nSPS) is 17.3. The van der Waals surface area contributed by atoms with Gasteiger partial charge >= 0.3 is 0 Å². The SMILES string of the molecule is COc1ccc(N2C(=S)N[C@H](c3ccccn3)[C@H]2c2ccc(Sc3ccc(C)cc3)o2)c(OC)c1. The van der Waals surface area contributed by atoms with Crippen LogP contribution in [0.5, 0.6) is 11.5 Å². The van der Waals surface area contributed by atoms with Gasteiger partial charge in [-0.1, -0.05) is 35.5 Å². The van der Waals surface area contributed by atoms with Crippen LogP contribution in [0.25, 0.3) is 0 Å². The minimum atomic E-state index is -0.271. The van der Waals surface area contributed by atoms with Crippen LogP contribution in [0, 0.1) is 6.92 Å². The van der Waals surface area contributed by atoms with Gasteiger partial charge in [0, 0.05) is 17.2 Å². The molecule has 178 valence electrons. The minimum absolute atomic E-state index is 0.209. The summed E-state index contributed by atoms with van der Waals surface area (Å²) in [6.07, 6.45) is 1.79. The number of methoxy groups -OCH3 is 2. The largest absolute Gasteiger partial charge is 0.497 e. The lowest BCUT2D eigenvalue weighted by atomic mass is 10.0. The van der Waals surface area contributed by atoms with Crippen LogP contribution in [0.15, 0.2) is 93.4 Å². The predicted molar refractivity (Wildman–Crippen MR) is 141 cm³/mol. The van der Waals surface area contributed by atoms with Crippen molar-refractivity contribution >= 4 is 34.8 Å². The highest BCUT2D eigenvalue weighted by Gasteiger charge is 2.43. The van der Waals surface area contributed by atoms with Crippen molar-refractivity contribution in [2.75, 3.05) is 19.1 Å². The molecule has 1 N–H and O–H groups in total. The molecule has 1 saturated heterocycles. The second-order valence-electron chi connectivity index (χ2n) is 8.11. The highest BCUT2D eigenvalue weighted by atomic mass is 32.2. The Morgan fingerprint density at radius 1 is 1.00 bits per heavy atom. The minimum Gasteiger partial charge on any atom is -0.497 e. The number of hydrogen-bond donors (Lipinski definition) is 1. The van der Waals surface area contributed by atoms with Crippen molar-refractivity contribution in [1.29, 1.82) is 0 Å². The fourth-order valence-electron chi connectivity index (χ4n) is 4.16. The van der Waals surface area contributed by atoms with Crippen molar-refractivity contribution in [3.63, 3.8) is 0 Å². The summed E-state index contributed by atoms with van der Waals surface area (Å²) in [6.45, 7) is 2.08. The third-order valence-electron chi connectivity index (χ3n) is 5.88. The number of nitrogens with one attached hydrogen (secondary N) is 1. The van der Waals surface area contributed by atoms with Crippen LogP contribution in [0.4, 0.5) is 5.69 Å². The van der Waals surface area contributed by atoms with Gasteiger partial charge in [-0.15, -0.1) is 0 Å². The van der Waals surface area contributed by atoms with E-state index >= 15 is 0 Å². The third-order valence-corrected chi connectivity index (χ3v) is 7.12. The van der Waals surface area contributed by atoms with Crippen LogP contribution in [0.3, 0.4) is 0 Å². The quantitative estimate of drug-likeness (QED) is 0.294. The lowest BCUT2D eigenvalue weighted by Crippen LogP contribution is -2.29. The number of anilines is 1. The maximum atomic E-state index is 6.40. The van der Waals surface area contributed by atoms with E-state index in [9.17, 15) is 0 Å². The highest BCUT2D eigenvalue weighted by Crippen LogP contribution is 2.46. The molecule has 6 nitrogen and oxygen atoms in total. The molecule has 8 heteroatoms. The second kappa shape index (κ2) is 10.0. The number of ether oxygens (including phenoxy) is 2. The summed E-state index contributed by atoms with van der Waals surface area (Å²) in [5.41, 5.74) is 2.92. The lowest BCUT2D eigenvalue weighted by molar-refractivity contribution is 0.378. The average molecular weight is 504 g/mol. The molecule has 5 rings (SSSR count). The molecule has 0 saturated carbocycles.